The molecule has 0 saturated carbocycles. The van der Waals surface area contributed by atoms with Crippen LogP contribution in [0.4, 0.5) is 5.69 Å². The van der Waals surface area contributed by atoms with E-state index in [0.29, 0.717) is 17.2 Å². The molecule has 6 heteroatoms. The maximum atomic E-state index is 11.2. The summed E-state index contributed by atoms with van der Waals surface area (Å²) in [5.41, 5.74) is 6.20. The van der Waals surface area contributed by atoms with E-state index in [9.17, 15) is 8.42 Å². The van der Waals surface area contributed by atoms with Gasteiger partial charge in [-0.25, -0.2) is 13.4 Å². The maximum absolute atomic E-state index is 11.2. The van der Waals surface area contributed by atoms with Gasteiger partial charge in [0.2, 0.25) is 0 Å². The van der Waals surface area contributed by atoms with Gasteiger partial charge in [-0.15, -0.1) is 0 Å². The molecule has 0 bridgehead atoms. The van der Waals surface area contributed by atoms with Crippen molar-refractivity contribution in [2.45, 2.75) is 5.03 Å². The standard InChI is InChI=1S/C12H12N2O3S/c1-18(15,16)12-7-6-11(8-14-12)17-10-4-2-9(13)3-5-10/h2-8H,13H2,1H3. The van der Waals surface area contributed by atoms with Gasteiger partial charge < -0.3 is 10.5 Å². The molecule has 0 unspecified atom stereocenters. The first-order valence-electron chi connectivity index (χ1n) is 5.15. The van der Waals surface area contributed by atoms with Crippen LogP contribution in [0.5, 0.6) is 11.5 Å². The van der Waals surface area contributed by atoms with E-state index in [2.05, 4.69) is 4.98 Å². The summed E-state index contributed by atoms with van der Waals surface area (Å²) in [5, 5.41) is 0.0205. The Morgan fingerprint density at radius 2 is 1.67 bits per heavy atom. The smallest absolute Gasteiger partial charge is 0.192 e. The Kier molecular flexibility index (Phi) is 3.20. The third-order valence-electron chi connectivity index (χ3n) is 2.20. The summed E-state index contributed by atoms with van der Waals surface area (Å²) in [5.74, 6) is 1.07. The highest BCUT2D eigenvalue weighted by molar-refractivity contribution is 7.90. The van der Waals surface area contributed by atoms with E-state index >= 15 is 0 Å². The molecule has 0 saturated heterocycles. The van der Waals surface area contributed by atoms with Crippen LogP contribution in [-0.2, 0) is 9.84 Å². The molecule has 0 atom stereocenters. The van der Waals surface area contributed by atoms with E-state index in [4.69, 9.17) is 10.5 Å². The molecule has 0 aliphatic rings. The van der Waals surface area contributed by atoms with E-state index in [1.807, 2.05) is 0 Å². The number of nitrogens with zero attached hydrogens (tertiary/aromatic N) is 1. The fourth-order valence-corrected chi connectivity index (χ4v) is 1.88. The largest absolute Gasteiger partial charge is 0.456 e. The first-order valence-corrected chi connectivity index (χ1v) is 7.04. The summed E-state index contributed by atoms with van der Waals surface area (Å²) < 4.78 is 27.9. The average molecular weight is 264 g/mol. The van der Waals surface area contributed by atoms with Gasteiger partial charge in [0.15, 0.2) is 14.9 Å². The zero-order valence-electron chi connectivity index (χ0n) is 9.70. The molecule has 2 rings (SSSR count). The molecular weight excluding hydrogens is 252 g/mol. The molecule has 0 aliphatic carbocycles. The summed E-state index contributed by atoms with van der Waals surface area (Å²) in [6.07, 6.45) is 2.47. The lowest BCUT2D eigenvalue weighted by Gasteiger charge is -2.05. The molecule has 18 heavy (non-hydrogen) atoms. The number of nitrogens with two attached hydrogens (primary N) is 1. The van der Waals surface area contributed by atoms with Crippen molar-refractivity contribution in [3.05, 3.63) is 42.6 Å². The molecular formula is C12H12N2O3S. The van der Waals surface area contributed by atoms with Crippen LogP contribution in [0.15, 0.2) is 47.6 Å². The molecule has 0 fully saturated rings. The van der Waals surface area contributed by atoms with Gasteiger partial charge in [0.05, 0.1) is 6.20 Å². The highest BCUT2D eigenvalue weighted by atomic mass is 32.2. The van der Waals surface area contributed by atoms with Crippen LogP contribution >= 0.6 is 0 Å². The third kappa shape index (κ3) is 2.98. The predicted octanol–water partition coefficient (Wildman–Crippen LogP) is 1.86. The molecule has 1 heterocycles. The summed E-state index contributed by atoms with van der Waals surface area (Å²) in [7, 11) is -3.28. The quantitative estimate of drug-likeness (QED) is 0.855. The number of rotatable bonds is 3. The van der Waals surface area contributed by atoms with Crippen molar-refractivity contribution in [3.8, 4) is 11.5 Å². The van der Waals surface area contributed by atoms with Crippen LogP contribution in [0.2, 0.25) is 0 Å². The summed E-state index contributed by atoms with van der Waals surface area (Å²) in [4.78, 5) is 3.83. The lowest BCUT2D eigenvalue weighted by atomic mass is 10.3. The molecule has 0 radical (unpaired) electrons. The van der Waals surface area contributed by atoms with Crippen molar-refractivity contribution in [2.24, 2.45) is 0 Å². The van der Waals surface area contributed by atoms with E-state index in [1.54, 1.807) is 30.3 Å². The van der Waals surface area contributed by atoms with Gasteiger partial charge in [0.25, 0.3) is 0 Å². The minimum atomic E-state index is -3.28. The van der Waals surface area contributed by atoms with E-state index in [0.717, 1.165) is 6.26 Å². The fraction of sp³-hybridized carbons (Fsp3) is 0.0833. The van der Waals surface area contributed by atoms with Gasteiger partial charge in [0, 0.05) is 11.9 Å². The van der Waals surface area contributed by atoms with Crippen LogP contribution in [-0.4, -0.2) is 19.7 Å². The molecule has 5 nitrogen and oxygen atoms in total. The fourth-order valence-electron chi connectivity index (χ4n) is 1.32. The van der Waals surface area contributed by atoms with Crippen molar-refractivity contribution in [1.82, 2.24) is 4.98 Å². The van der Waals surface area contributed by atoms with Crippen LogP contribution in [0, 0.1) is 0 Å². The van der Waals surface area contributed by atoms with Crippen LogP contribution in [0.3, 0.4) is 0 Å². The Hall–Kier alpha value is -2.08. The number of benzene rings is 1. The lowest BCUT2D eigenvalue weighted by Crippen LogP contribution is -1.99. The number of ether oxygens (including phenoxy) is 1. The van der Waals surface area contributed by atoms with Crippen molar-refractivity contribution in [1.29, 1.82) is 0 Å². The number of sulfone groups is 1. The third-order valence-corrected chi connectivity index (χ3v) is 3.21. The molecule has 94 valence electrons. The molecule has 0 aliphatic heterocycles. The van der Waals surface area contributed by atoms with E-state index in [-0.39, 0.29) is 5.03 Å². The molecule has 0 spiro atoms. The normalized spacial score (nSPS) is 11.2. The van der Waals surface area contributed by atoms with Crippen molar-refractivity contribution < 1.29 is 13.2 Å². The Morgan fingerprint density at radius 1 is 1.06 bits per heavy atom. The highest BCUT2D eigenvalue weighted by Gasteiger charge is 2.08. The van der Waals surface area contributed by atoms with Crippen molar-refractivity contribution in [2.75, 3.05) is 12.0 Å². The molecule has 2 aromatic rings. The van der Waals surface area contributed by atoms with Crippen LogP contribution in [0.1, 0.15) is 0 Å². The number of nitrogen functional groups attached to an aromatic ring is 1. The first kappa shape index (κ1) is 12.4. The second-order valence-electron chi connectivity index (χ2n) is 3.78. The summed E-state index contributed by atoms with van der Waals surface area (Å²) >= 11 is 0. The number of aromatic nitrogens is 1. The SMILES string of the molecule is CS(=O)(=O)c1ccc(Oc2ccc(N)cc2)cn1. The second-order valence-corrected chi connectivity index (χ2v) is 5.74. The van der Waals surface area contributed by atoms with E-state index < -0.39 is 9.84 Å². The monoisotopic (exact) mass is 264 g/mol. The Labute approximate surface area is 105 Å². The zero-order valence-corrected chi connectivity index (χ0v) is 10.5. The van der Waals surface area contributed by atoms with Gasteiger partial charge >= 0.3 is 0 Å². The van der Waals surface area contributed by atoms with Gasteiger partial charge in [-0.3, -0.25) is 0 Å². The molecule has 1 aromatic heterocycles. The minimum Gasteiger partial charge on any atom is -0.456 e. The highest BCUT2D eigenvalue weighted by Crippen LogP contribution is 2.22. The molecule has 2 N–H and O–H groups in total. The topological polar surface area (TPSA) is 82.3 Å². The minimum absolute atomic E-state index is 0.0205. The Balaban J connectivity index is 2.18. The molecule has 0 amide bonds. The number of pyridine rings is 1. The average Bonchev–Trinajstić information content (AvgIpc) is 2.32. The van der Waals surface area contributed by atoms with Crippen LogP contribution in [0.25, 0.3) is 0 Å². The summed E-state index contributed by atoms with van der Waals surface area (Å²) in [6, 6.07) is 9.84. The molecule has 1 aromatic carbocycles. The number of hydrogen-bond donors (Lipinski definition) is 1. The first-order chi connectivity index (χ1) is 8.45. The van der Waals surface area contributed by atoms with E-state index in [1.165, 1.54) is 12.3 Å². The summed E-state index contributed by atoms with van der Waals surface area (Å²) in [6.45, 7) is 0. The van der Waals surface area contributed by atoms with Crippen LogP contribution < -0.4 is 10.5 Å². The Morgan fingerprint density at radius 3 is 2.17 bits per heavy atom. The Bertz CT molecular complexity index is 634. The lowest BCUT2D eigenvalue weighted by molar-refractivity contribution is 0.479. The maximum Gasteiger partial charge on any atom is 0.192 e. The van der Waals surface area contributed by atoms with Crippen molar-refractivity contribution in [3.63, 3.8) is 0 Å². The zero-order chi connectivity index (χ0) is 13.2. The van der Waals surface area contributed by atoms with Gasteiger partial charge in [-0.2, -0.15) is 0 Å². The second kappa shape index (κ2) is 4.66. The van der Waals surface area contributed by atoms with Gasteiger partial charge in [0.1, 0.15) is 11.5 Å². The predicted molar refractivity (Wildman–Crippen MR) is 68.3 cm³/mol. The van der Waals surface area contributed by atoms with Crippen molar-refractivity contribution >= 4 is 15.5 Å². The number of hydrogen-bond acceptors (Lipinski definition) is 5. The van der Waals surface area contributed by atoms with Gasteiger partial charge in [-0.05, 0) is 36.4 Å². The number of anilines is 1. The van der Waals surface area contributed by atoms with Gasteiger partial charge in [-0.1, -0.05) is 0 Å².